The Labute approximate surface area is 94.2 Å². The van der Waals surface area contributed by atoms with Gasteiger partial charge in [-0.25, -0.2) is 4.79 Å². The van der Waals surface area contributed by atoms with Crippen molar-refractivity contribution < 1.29 is 9.53 Å². The summed E-state index contributed by atoms with van der Waals surface area (Å²) in [6.07, 6.45) is -0.234. The predicted octanol–water partition coefficient (Wildman–Crippen LogP) is 1.09. The number of ether oxygens (including phenoxy) is 1. The summed E-state index contributed by atoms with van der Waals surface area (Å²) in [7, 11) is 0. The number of carbonyl (C=O) groups excluding carboxylic acids is 1. The first-order valence-electron chi connectivity index (χ1n) is 5.58. The molecule has 0 unspecified atom stereocenters. The van der Waals surface area contributed by atoms with Gasteiger partial charge in [-0.05, 0) is 12.1 Å². The van der Waals surface area contributed by atoms with Gasteiger partial charge in [-0.1, -0.05) is 18.2 Å². The zero-order valence-electron chi connectivity index (χ0n) is 8.93. The molecule has 2 heterocycles. The van der Waals surface area contributed by atoms with Crippen LogP contribution in [0, 0.1) is 5.92 Å². The van der Waals surface area contributed by atoms with Crippen molar-refractivity contribution in [1.82, 2.24) is 10.2 Å². The lowest BCUT2D eigenvalue weighted by Gasteiger charge is -2.29. The number of para-hydroxylation sites is 1. The minimum Gasteiger partial charge on any atom is -0.410 e. The number of nitrogens with zero attached hydrogens (tertiary/aromatic N) is 1. The molecule has 2 saturated heterocycles. The number of fused-ring (bicyclic) bond motifs is 1. The zero-order valence-corrected chi connectivity index (χ0v) is 8.93. The second-order valence-corrected chi connectivity index (χ2v) is 4.36. The summed E-state index contributed by atoms with van der Waals surface area (Å²) in [5.41, 5.74) is 0. The molecule has 4 nitrogen and oxygen atoms in total. The lowest BCUT2D eigenvalue weighted by Crippen LogP contribution is -2.51. The van der Waals surface area contributed by atoms with Crippen molar-refractivity contribution in [3.8, 4) is 5.75 Å². The summed E-state index contributed by atoms with van der Waals surface area (Å²) < 4.78 is 5.28. The summed E-state index contributed by atoms with van der Waals surface area (Å²) in [6.45, 7) is 2.62. The molecule has 1 amide bonds. The summed E-state index contributed by atoms with van der Waals surface area (Å²) in [6, 6.07) is 9.69. The van der Waals surface area contributed by atoms with Gasteiger partial charge < -0.3 is 15.0 Å². The summed E-state index contributed by atoms with van der Waals surface area (Å²) in [4.78, 5) is 13.6. The van der Waals surface area contributed by atoms with Gasteiger partial charge in [0.25, 0.3) is 0 Å². The van der Waals surface area contributed by atoms with Crippen LogP contribution in [0.5, 0.6) is 5.75 Å². The predicted molar refractivity (Wildman–Crippen MR) is 59.3 cm³/mol. The third-order valence-electron chi connectivity index (χ3n) is 3.29. The van der Waals surface area contributed by atoms with E-state index in [4.69, 9.17) is 4.74 Å². The molecule has 0 aliphatic carbocycles. The average Bonchev–Trinajstić information content (AvgIpc) is 2.56. The Hall–Kier alpha value is -1.55. The first kappa shape index (κ1) is 9.66. The Morgan fingerprint density at radius 1 is 1.31 bits per heavy atom. The van der Waals surface area contributed by atoms with Crippen LogP contribution in [0.3, 0.4) is 0 Å². The lowest BCUT2D eigenvalue weighted by molar-refractivity contribution is 0.162. The van der Waals surface area contributed by atoms with E-state index in [0.717, 1.165) is 19.6 Å². The van der Waals surface area contributed by atoms with Crippen LogP contribution in [0.4, 0.5) is 4.79 Å². The lowest BCUT2D eigenvalue weighted by atomic mass is 9.96. The SMILES string of the molecule is O=C(Oc1ccccc1)N1C[C@@H]2CN[C@@H]2C1. The smallest absolute Gasteiger partial charge is 0.410 e. The van der Waals surface area contributed by atoms with E-state index in [1.54, 1.807) is 17.0 Å². The first-order chi connectivity index (χ1) is 7.83. The monoisotopic (exact) mass is 218 g/mol. The largest absolute Gasteiger partial charge is 0.415 e. The number of amides is 1. The van der Waals surface area contributed by atoms with Gasteiger partial charge >= 0.3 is 6.09 Å². The zero-order chi connectivity index (χ0) is 11.0. The Morgan fingerprint density at radius 3 is 2.69 bits per heavy atom. The molecule has 16 heavy (non-hydrogen) atoms. The summed E-state index contributed by atoms with van der Waals surface area (Å²) >= 11 is 0. The third kappa shape index (κ3) is 1.65. The van der Waals surface area contributed by atoms with Crippen LogP contribution < -0.4 is 10.1 Å². The van der Waals surface area contributed by atoms with Crippen molar-refractivity contribution in [1.29, 1.82) is 0 Å². The fourth-order valence-electron chi connectivity index (χ4n) is 2.25. The van der Waals surface area contributed by atoms with Crippen LogP contribution in [0.15, 0.2) is 30.3 Å². The molecule has 0 spiro atoms. The minimum absolute atomic E-state index is 0.234. The van der Waals surface area contributed by atoms with Gasteiger partial charge in [0.2, 0.25) is 0 Å². The Bertz CT molecular complexity index is 381. The topological polar surface area (TPSA) is 41.6 Å². The van der Waals surface area contributed by atoms with Crippen LogP contribution in [0.2, 0.25) is 0 Å². The molecule has 2 atom stereocenters. The number of carbonyl (C=O) groups is 1. The second kappa shape index (κ2) is 3.79. The van der Waals surface area contributed by atoms with E-state index >= 15 is 0 Å². The van der Waals surface area contributed by atoms with Gasteiger partial charge in [0.1, 0.15) is 5.75 Å². The number of hydrogen-bond acceptors (Lipinski definition) is 3. The molecular weight excluding hydrogens is 204 g/mol. The van der Waals surface area contributed by atoms with E-state index in [2.05, 4.69) is 5.32 Å². The molecule has 0 aromatic heterocycles. The molecule has 3 rings (SSSR count). The van der Waals surface area contributed by atoms with Crippen LogP contribution in [0.1, 0.15) is 0 Å². The molecule has 2 aliphatic heterocycles. The number of likely N-dealkylation sites (tertiary alicyclic amines) is 1. The summed E-state index contributed by atoms with van der Waals surface area (Å²) in [5.74, 6) is 1.24. The highest BCUT2D eigenvalue weighted by Crippen LogP contribution is 2.24. The van der Waals surface area contributed by atoms with Crippen molar-refractivity contribution in [2.75, 3.05) is 19.6 Å². The fraction of sp³-hybridized carbons (Fsp3) is 0.417. The molecule has 84 valence electrons. The minimum atomic E-state index is -0.234. The normalized spacial score (nSPS) is 27.1. The van der Waals surface area contributed by atoms with Crippen molar-refractivity contribution in [2.45, 2.75) is 6.04 Å². The number of nitrogens with one attached hydrogen (secondary N) is 1. The van der Waals surface area contributed by atoms with Gasteiger partial charge in [-0.15, -0.1) is 0 Å². The average molecular weight is 218 g/mol. The quantitative estimate of drug-likeness (QED) is 0.767. The molecule has 2 fully saturated rings. The highest BCUT2D eigenvalue weighted by Gasteiger charge is 2.41. The maximum absolute atomic E-state index is 11.8. The molecule has 4 heteroatoms. The molecule has 0 bridgehead atoms. The van der Waals surface area contributed by atoms with Crippen molar-refractivity contribution in [3.63, 3.8) is 0 Å². The molecule has 1 aromatic rings. The Kier molecular flexibility index (Phi) is 2.29. The molecule has 2 aliphatic rings. The van der Waals surface area contributed by atoms with Gasteiger partial charge in [0.05, 0.1) is 0 Å². The van der Waals surface area contributed by atoms with Gasteiger partial charge in [-0.2, -0.15) is 0 Å². The molecular formula is C12H14N2O2. The van der Waals surface area contributed by atoms with E-state index in [0.29, 0.717) is 17.7 Å². The van der Waals surface area contributed by atoms with E-state index < -0.39 is 0 Å². The molecule has 1 N–H and O–H groups in total. The van der Waals surface area contributed by atoms with Crippen molar-refractivity contribution in [2.24, 2.45) is 5.92 Å². The third-order valence-corrected chi connectivity index (χ3v) is 3.29. The van der Waals surface area contributed by atoms with E-state index in [1.807, 2.05) is 18.2 Å². The van der Waals surface area contributed by atoms with Gasteiger partial charge in [-0.3, -0.25) is 0 Å². The number of benzene rings is 1. The summed E-state index contributed by atoms with van der Waals surface area (Å²) in [5, 5.41) is 3.31. The van der Waals surface area contributed by atoms with Crippen LogP contribution in [-0.4, -0.2) is 36.7 Å². The standard InChI is InChI=1S/C12H14N2O2/c15-12(16-10-4-2-1-3-5-10)14-7-9-6-13-11(9)8-14/h1-5,9,11,13H,6-8H2/t9-,11+/m0/s1. The maximum Gasteiger partial charge on any atom is 0.415 e. The Balaban J connectivity index is 1.61. The molecule has 0 radical (unpaired) electrons. The van der Waals surface area contributed by atoms with Gasteiger partial charge in [0.15, 0.2) is 0 Å². The van der Waals surface area contributed by atoms with Crippen molar-refractivity contribution >= 4 is 6.09 Å². The van der Waals surface area contributed by atoms with E-state index in [9.17, 15) is 4.79 Å². The molecule has 0 saturated carbocycles. The van der Waals surface area contributed by atoms with Crippen molar-refractivity contribution in [3.05, 3.63) is 30.3 Å². The fourth-order valence-corrected chi connectivity index (χ4v) is 2.25. The second-order valence-electron chi connectivity index (χ2n) is 4.36. The van der Waals surface area contributed by atoms with Crippen LogP contribution >= 0.6 is 0 Å². The van der Waals surface area contributed by atoms with Crippen LogP contribution in [0.25, 0.3) is 0 Å². The number of rotatable bonds is 1. The highest BCUT2D eigenvalue weighted by atomic mass is 16.6. The van der Waals surface area contributed by atoms with Gasteiger partial charge in [0, 0.05) is 31.6 Å². The molecule has 1 aromatic carbocycles. The maximum atomic E-state index is 11.8. The van der Waals surface area contributed by atoms with Crippen LogP contribution in [-0.2, 0) is 0 Å². The Morgan fingerprint density at radius 2 is 2.12 bits per heavy atom. The van der Waals surface area contributed by atoms with E-state index in [-0.39, 0.29) is 6.09 Å². The first-order valence-corrected chi connectivity index (χ1v) is 5.58. The number of hydrogen-bond donors (Lipinski definition) is 1. The van der Waals surface area contributed by atoms with E-state index in [1.165, 1.54) is 0 Å². The highest BCUT2D eigenvalue weighted by molar-refractivity contribution is 5.71.